The second-order valence-corrected chi connectivity index (χ2v) is 7.18. The van der Waals surface area contributed by atoms with Crippen LogP contribution in [0.1, 0.15) is 51.0 Å². The molecule has 0 saturated heterocycles. The molecule has 126 valence electrons. The Labute approximate surface area is 144 Å². The van der Waals surface area contributed by atoms with Crippen molar-refractivity contribution in [3.05, 3.63) is 48.0 Å². The molecule has 1 saturated carbocycles. The highest BCUT2D eigenvalue weighted by atomic mass is 15.0. The molecule has 1 aliphatic rings. The Hall–Kier alpha value is -1.80. The van der Waals surface area contributed by atoms with E-state index in [1.807, 2.05) is 0 Å². The molecule has 0 amide bonds. The summed E-state index contributed by atoms with van der Waals surface area (Å²) in [7, 11) is 0. The Bertz CT molecular complexity index is 822. The van der Waals surface area contributed by atoms with Gasteiger partial charge in [0.05, 0.1) is 0 Å². The molecular weight excluding hydrogens is 292 g/mol. The topological polar surface area (TPSA) is 17.0 Å². The predicted molar refractivity (Wildman–Crippen MR) is 103 cm³/mol. The zero-order valence-corrected chi connectivity index (χ0v) is 14.7. The van der Waals surface area contributed by atoms with Crippen LogP contribution in [0, 0.1) is 0 Å². The van der Waals surface area contributed by atoms with Crippen LogP contribution in [0.4, 0.5) is 0 Å². The van der Waals surface area contributed by atoms with Crippen molar-refractivity contribution < 1.29 is 0 Å². The van der Waals surface area contributed by atoms with Gasteiger partial charge in [0.25, 0.3) is 0 Å². The monoisotopic (exact) mass is 320 g/mol. The van der Waals surface area contributed by atoms with Gasteiger partial charge in [0.1, 0.15) is 0 Å². The highest BCUT2D eigenvalue weighted by Gasteiger charge is 2.13. The van der Waals surface area contributed by atoms with Crippen molar-refractivity contribution in [2.45, 2.75) is 64.6 Å². The van der Waals surface area contributed by atoms with Gasteiger partial charge >= 0.3 is 0 Å². The molecule has 3 aromatic rings. The molecule has 0 unspecified atom stereocenters. The Balaban J connectivity index is 1.62. The molecule has 0 atom stereocenters. The van der Waals surface area contributed by atoms with E-state index >= 15 is 0 Å². The molecule has 0 spiro atoms. The lowest BCUT2D eigenvalue weighted by Crippen LogP contribution is -2.27. The van der Waals surface area contributed by atoms with E-state index in [-0.39, 0.29) is 0 Å². The van der Waals surface area contributed by atoms with E-state index in [1.54, 1.807) is 0 Å². The molecule has 1 fully saturated rings. The van der Waals surface area contributed by atoms with Crippen LogP contribution in [-0.4, -0.2) is 10.6 Å². The number of aryl methyl sites for hydroxylation is 1. The standard InChI is InChI=1S/C22H28N2/c1-2-24-21-12-8-7-11-19(21)20-15-17(13-14-22(20)24)16-23-18-9-5-3-4-6-10-18/h7-8,11-15,18,23H,2-6,9-10,16H2,1H3. The third-order valence-corrected chi connectivity index (χ3v) is 5.60. The summed E-state index contributed by atoms with van der Waals surface area (Å²) in [6.07, 6.45) is 8.30. The molecule has 0 bridgehead atoms. The molecule has 4 rings (SSSR count). The minimum Gasteiger partial charge on any atom is -0.341 e. The summed E-state index contributed by atoms with van der Waals surface area (Å²) in [5.74, 6) is 0. The fourth-order valence-corrected chi connectivity index (χ4v) is 4.30. The minimum atomic E-state index is 0.709. The van der Waals surface area contributed by atoms with E-state index < -0.39 is 0 Å². The lowest BCUT2D eigenvalue weighted by atomic mass is 10.1. The number of hydrogen-bond acceptors (Lipinski definition) is 1. The predicted octanol–water partition coefficient (Wildman–Crippen LogP) is 5.63. The minimum absolute atomic E-state index is 0.709. The maximum Gasteiger partial charge on any atom is 0.0491 e. The largest absolute Gasteiger partial charge is 0.341 e. The fourth-order valence-electron chi connectivity index (χ4n) is 4.30. The zero-order valence-electron chi connectivity index (χ0n) is 14.7. The van der Waals surface area contributed by atoms with Gasteiger partial charge in [-0.3, -0.25) is 0 Å². The smallest absolute Gasteiger partial charge is 0.0491 e. The normalized spacial score (nSPS) is 16.7. The van der Waals surface area contributed by atoms with Crippen LogP contribution in [0.5, 0.6) is 0 Å². The number of para-hydroxylation sites is 1. The van der Waals surface area contributed by atoms with Gasteiger partial charge < -0.3 is 9.88 Å². The number of aromatic nitrogens is 1. The first-order valence-corrected chi connectivity index (χ1v) is 9.60. The number of hydrogen-bond donors (Lipinski definition) is 1. The Kier molecular flexibility index (Phi) is 4.57. The first kappa shape index (κ1) is 15.7. The first-order chi connectivity index (χ1) is 11.9. The van der Waals surface area contributed by atoms with Crippen LogP contribution in [-0.2, 0) is 13.1 Å². The summed E-state index contributed by atoms with van der Waals surface area (Å²) in [5.41, 5.74) is 4.12. The van der Waals surface area contributed by atoms with Gasteiger partial charge in [-0.2, -0.15) is 0 Å². The molecule has 2 aromatic carbocycles. The quantitative estimate of drug-likeness (QED) is 0.617. The van der Waals surface area contributed by atoms with Crippen LogP contribution in [0.3, 0.4) is 0 Å². The van der Waals surface area contributed by atoms with Gasteiger partial charge in [-0.25, -0.2) is 0 Å². The number of rotatable bonds is 4. The second-order valence-electron chi connectivity index (χ2n) is 7.18. The van der Waals surface area contributed by atoms with Crippen LogP contribution >= 0.6 is 0 Å². The summed E-state index contributed by atoms with van der Waals surface area (Å²) >= 11 is 0. The highest BCUT2D eigenvalue weighted by Crippen LogP contribution is 2.29. The lowest BCUT2D eigenvalue weighted by Gasteiger charge is -2.16. The van der Waals surface area contributed by atoms with Crippen LogP contribution in [0.25, 0.3) is 21.8 Å². The molecule has 1 heterocycles. The Morgan fingerprint density at radius 3 is 2.46 bits per heavy atom. The SMILES string of the molecule is CCn1c2ccccc2c2cc(CNC3CCCCCC3)ccc21. The molecule has 0 aliphatic heterocycles. The Morgan fingerprint density at radius 2 is 1.67 bits per heavy atom. The van der Waals surface area contributed by atoms with E-state index in [2.05, 4.69) is 59.3 Å². The third kappa shape index (κ3) is 2.95. The van der Waals surface area contributed by atoms with Crippen molar-refractivity contribution in [3.63, 3.8) is 0 Å². The molecule has 2 nitrogen and oxygen atoms in total. The van der Waals surface area contributed by atoms with E-state index in [9.17, 15) is 0 Å². The molecule has 24 heavy (non-hydrogen) atoms. The second kappa shape index (κ2) is 6.98. The first-order valence-electron chi connectivity index (χ1n) is 9.60. The average molecular weight is 320 g/mol. The van der Waals surface area contributed by atoms with E-state index in [4.69, 9.17) is 0 Å². The number of fused-ring (bicyclic) bond motifs is 3. The van der Waals surface area contributed by atoms with Crippen LogP contribution < -0.4 is 5.32 Å². The maximum absolute atomic E-state index is 3.80. The van der Waals surface area contributed by atoms with Crippen molar-refractivity contribution in [2.24, 2.45) is 0 Å². The third-order valence-electron chi connectivity index (χ3n) is 5.60. The number of nitrogens with zero attached hydrogens (tertiary/aromatic N) is 1. The maximum atomic E-state index is 3.80. The molecule has 1 N–H and O–H groups in total. The van der Waals surface area contributed by atoms with Crippen molar-refractivity contribution in [1.82, 2.24) is 9.88 Å². The lowest BCUT2D eigenvalue weighted by molar-refractivity contribution is 0.459. The molecule has 1 aromatic heterocycles. The Morgan fingerprint density at radius 1 is 0.917 bits per heavy atom. The fraction of sp³-hybridized carbons (Fsp3) is 0.455. The van der Waals surface area contributed by atoms with Gasteiger partial charge in [-0.1, -0.05) is 49.9 Å². The van der Waals surface area contributed by atoms with Crippen molar-refractivity contribution in [3.8, 4) is 0 Å². The summed E-state index contributed by atoms with van der Waals surface area (Å²) in [4.78, 5) is 0. The van der Waals surface area contributed by atoms with Crippen molar-refractivity contribution >= 4 is 21.8 Å². The van der Waals surface area contributed by atoms with Crippen molar-refractivity contribution in [2.75, 3.05) is 0 Å². The van der Waals surface area contributed by atoms with E-state index in [1.165, 1.54) is 65.9 Å². The van der Waals surface area contributed by atoms with Gasteiger partial charge in [-0.15, -0.1) is 0 Å². The average Bonchev–Trinajstić information content (AvgIpc) is 2.76. The van der Waals surface area contributed by atoms with Gasteiger partial charge in [0, 0.05) is 40.9 Å². The molecular formula is C22H28N2. The number of benzene rings is 2. The summed E-state index contributed by atoms with van der Waals surface area (Å²) in [6.45, 7) is 4.24. The van der Waals surface area contributed by atoms with Crippen LogP contribution in [0.15, 0.2) is 42.5 Å². The molecule has 2 heteroatoms. The van der Waals surface area contributed by atoms with Crippen LogP contribution in [0.2, 0.25) is 0 Å². The summed E-state index contributed by atoms with van der Waals surface area (Å²) < 4.78 is 2.42. The van der Waals surface area contributed by atoms with Gasteiger partial charge in [-0.05, 0) is 43.5 Å². The molecule has 1 aliphatic carbocycles. The van der Waals surface area contributed by atoms with Gasteiger partial charge in [0.2, 0.25) is 0 Å². The van der Waals surface area contributed by atoms with E-state index in [0.717, 1.165) is 13.1 Å². The number of nitrogens with one attached hydrogen (secondary N) is 1. The summed E-state index contributed by atoms with van der Waals surface area (Å²) in [6, 6.07) is 16.5. The van der Waals surface area contributed by atoms with Gasteiger partial charge in [0.15, 0.2) is 0 Å². The van der Waals surface area contributed by atoms with E-state index in [0.29, 0.717) is 6.04 Å². The van der Waals surface area contributed by atoms with Crippen molar-refractivity contribution in [1.29, 1.82) is 0 Å². The zero-order chi connectivity index (χ0) is 16.4. The molecule has 0 radical (unpaired) electrons. The highest BCUT2D eigenvalue weighted by molar-refractivity contribution is 6.08. The summed E-state index contributed by atoms with van der Waals surface area (Å²) in [5, 5.41) is 6.58.